The third kappa shape index (κ3) is 3.57. The molecule has 0 spiro atoms. The molecule has 1 aromatic rings. The number of hydrogen-bond donors (Lipinski definition) is 1. The van der Waals surface area contributed by atoms with E-state index in [0.29, 0.717) is 12.0 Å². The van der Waals surface area contributed by atoms with Crippen LogP contribution in [0.2, 0.25) is 0 Å². The van der Waals surface area contributed by atoms with Gasteiger partial charge in [-0.1, -0.05) is 38.1 Å². The van der Waals surface area contributed by atoms with Gasteiger partial charge in [0, 0.05) is 6.04 Å². The van der Waals surface area contributed by atoms with Gasteiger partial charge in [0.1, 0.15) is 6.04 Å². The van der Waals surface area contributed by atoms with Crippen LogP contribution < -0.4 is 0 Å². The summed E-state index contributed by atoms with van der Waals surface area (Å²) in [6.45, 7) is 4.38. The molecule has 3 nitrogen and oxygen atoms in total. The van der Waals surface area contributed by atoms with Crippen LogP contribution in [0.5, 0.6) is 0 Å². The second-order valence-corrected chi connectivity index (χ2v) is 5.98. The number of rotatable bonds is 6. The molecule has 2 rings (SSSR count). The van der Waals surface area contributed by atoms with Gasteiger partial charge in [0.15, 0.2) is 0 Å². The highest BCUT2D eigenvalue weighted by molar-refractivity contribution is 5.75. The van der Waals surface area contributed by atoms with Crippen molar-refractivity contribution in [2.75, 3.05) is 7.05 Å². The van der Waals surface area contributed by atoms with Gasteiger partial charge < -0.3 is 5.11 Å². The van der Waals surface area contributed by atoms with Gasteiger partial charge in [-0.25, -0.2) is 0 Å². The molecule has 19 heavy (non-hydrogen) atoms. The summed E-state index contributed by atoms with van der Waals surface area (Å²) < 4.78 is 0. The van der Waals surface area contributed by atoms with Crippen molar-refractivity contribution < 1.29 is 9.90 Å². The fourth-order valence-electron chi connectivity index (χ4n) is 2.55. The SMILES string of the molecule is CC(C)Cc1ccc(C(C(=O)O)N(C)C2CC2)cc1. The number of benzene rings is 1. The second kappa shape index (κ2) is 5.74. The van der Waals surface area contributed by atoms with Crippen molar-refractivity contribution in [2.24, 2.45) is 5.92 Å². The van der Waals surface area contributed by atoms with Crippen LogP contribution in [0.25, 0.3) is 0 Å². The minimum absolute atomic E-state index is 0.441. The quantitative estimate of drug-likeness (QED) is 0.855. The van der Waals surface area contributed by atoms with Crippen LogP contribution in [0.15, 0.2) is 24.3 Å². The lowest BCUT2D eigenvalue weighted by atomic mass is 9.99. The standard InChI is InChI=1S/C16H23NO2/c1-11(2)10-12-4-6-13(7-5-12)15(16(18)19)17(3)14-8-9-14/h4-7,11,14-15H,8-10H2,1-3H3,(H,18,19). The number of carboxylic acid groups (broad SMARTS) is 1. The molecule has 3 heteroatoms. The molecular weight excluding hydrogens is 238 g/mol. The Morgan fingerprint density at radius 2 is 1.89 bits per heavy atom. The van der Waals surface area contributed by atoms with Crippen molar-refractivity contribution in [3.05, 3.63) is 35.4 Å². The third-order valence-corrected chi connectivity index (χ3v) is 3.70. The van der Waals surface area contributed by atoms with E-state index < -0.39 is 12.0 Å². The number of carbonyl (C=O) groups is 1. The molecule has 104 valence electrons. The Morgan fingerprint density at radius 3 is 2.32 bits per heavy atom. The Kier molecular flexibility index (Phi) is 4.25. The molecule has 1 atom stereocenters. The molecule has 0 heterocycles. The van der Waals surface area contributed by atoms with Gasteiger partial charge in [-0.05, 0) is 43.4 Å². The van der Waals surface area contributed by atoms with Crippen molar-refractivity contribution in [2.45, 2.75) is 45.2 Å². The summed E-state index contributed by atoms with van der Waals surface area (Å²) in [5.74, 6) is -0.138. The minimum Gasteiger partial charge on any atom is -0.480 e. The Morgan fingerprint density at radius 1 is 1.32 bits per heavy atom. The third-order valence-electron chi connectivity index (χ3n) is 3.70. The maximum Gasteiger partial charge on any atom is 0.325 e. The monoisotopic (exact) mass is 261 g/mol. The highest BCUT2D eigenvalue weighted by Gasteiger charge is 2.35. The molecule has 0 aromatic heterocycles. The molecule has 1 saturated carbocycles. The van der Waals surface area contributed by atoms with Crippen molar-refractivity contribution in [1.82, 2.24) is 4.90 Å². The van der Waals surface area contributed by atoms with Crippen LogP contribution >= 0.6 is 0 Å². The summed E-state index contributed by atoms with van der Waals surface area (Å²) >= 11 is 0. The van der Waals surface area contributed by atoms with Crippen LogP contribution in [0.4, 0.5) is 0 Å². The van der Waals surface area contributed by atoms with Gasteiger partial charge in [-0.2, -0.15) is 0 Å². The van der Waals surface area contributed by atoms with Crippen LogP contribution in [0.3, 0.4) is 0 Å². The van der Waals surface area contributed by atoms with Gasteiger partial charge in [0.05, 0.1) is 0 Å². The van der Waals surface area contributed by atoms with Crippen LogP contribution in [-0.4, -0.2) is 29.1 Å². The van der Waals surface area contributed by atoms with Gasteiger partial charge in [-0.15, -0.1) is 0 Å². The number of aliphatic carboxylic acids is 1. The normalized spacial score (nSPS) is 16.9. The fourth-order valence-corrected chi connectivity index (χ4v) is 2.55. The Labute approximate surface area is 115 Å². The lowest BCUT2D eigenvalue weighted by Crippen LogP contribution is -2.32. The summed E-state index contributed by atoms with van der Waals surface area (Å²) in [5.41, 5.74) is 2.16. The van der Waals surface area contributed by atoms with E-state index in [4.69, 9.17) is 0 Å². The lowest BCUT2D eigenvalue weighted by molar-refractivity contribution is -0.143. The van der Waals surface area contributed by atoms with Crippen LogP contribution in [0, 0.1) is 5.92 Å². The predicted octanol–water partition coefficient (Wildman–Crippen LogP) is 3.11. The topological polar surface area (TPSA) is 40.5 Å². The van der Waals surface area contributed by atoms with E-state index in [0.717, 1.165) is 24.8 Å². The minimum atomic E-state index is -0.758. The molecule has 0 radical (unpaired) electrons. The predicted molar refractivity (Wildman–Crippen MR) is 76.1 cm³/mol. The molecule has 1 unspecified atom stereocenters. The molecule has 1 N–H and O–H groups in total. The van der Waals surface area contributed by atoms with Crippen molar-refractivity contribution >= 4 is 5.97 Å². The maximum absolute atomic E-state index is 11.5. The molecule has 0 saturated heterocycles. The largest absolute Gasteiger partial charge is 0.480 e. The second-order valence-electron chi connectivity index (χ2n) is 5.98. The number of hydrogen-bond acceptors (Lipinski definition) is 2. The molecular formula is C16H23NO2. The molecule has 1 aliphatic carbocycles. The van der Waals surface area contributed by atoms with Crippen LogP contribution in [-0.2, 0) is 11.2 Å². The molecule has 0 amide bonds. The van der Waals surface area contributed by atoms with Crippen molar-refractivity contribution in [1.29, 1.82) is 0 Å². The van der Waals surface area contributed by atoms with E-state index in [2.05, 4.69) is 26.0 Å². The van der Waals surface area contributed by atoms with E-state index in [-0.39, 0.29) is 0 Å². The molecule has 0 bridgehead atoms. The summed E-state index contributed by atoms with van der Waals surface area (Å²) in [4.78, 5) is 13.5. The number of likely N-dealkylation sites (N-methyl/N-ethyl adjacent to an activating group) is 1. The first-order valence-corrected chi connectivity index (χ1v) is 7.02. The average Bonchev–Trinajstić information content (AvgIpc) is 3.14. The maximum atomic E-state index is 11.5. The van der Waals surface area contributed by atoms with E-state index >= 15 is 0 Å². The van der Waals surface area contributed by atoms with Gasteiger partial charge in [0.2, 0.25) is 0 Å². The fraction of sp³-hybridized carbons (Fsp3) is 0.562. The zero-order valence-electron chi connectivity index (χ0n) is 12.0. The lowest BCUT2D eigenvalue weighted by Gasteiger charge is -2.24. The molecule has 1 aliphatic rings. The summed E-state index contributed by atoms with van der Waals surface area (Å²) in [5, 5.41) is 9.45. The van der Waals surface area contributed by atoms with Crippen LogP contribution in [0.1, 0.15) is 43.9 Å². The van der Waals surface area contributed by atoms with Gasteiger partial charge >= 0.3 is 5.97 Å². The molecule has 1 fully saturated rings. The highest BCUT2D eigenvalue weighted by atomic mass is 16.4. The van der Waals surface area contributed by atoms with Gasteiger partial charge in [-0.3, -0.25) is 9.69 Å². The Balaban J connectivity index is 2.15. The van der Waals surface area contributed by atoms with E-state index in [1.165, 1.54) is 5.56 Å². The zero-order chi connectivity index (χ0) is 14.0. The number of nitrogens with zero attached hydrogens (tertiary/aromatic N) is 1. The van der Waals surface area contributed by atoms with Crippen molar-refractivity contribution in [3.63, 3.8) is 0 Å². The highest BCUT2D eigenvalue weighted by Crippen LogP contribution is 2.33. The Hall–Kier alpha value is -1.35. The van der Waals surface area contributed by atoms with E-state index in [1.54, 1.807) is 0 Å². The zero-order valence-corrected chi connectivity index (χ0v) is 12.0. The summed E-state index contributed by atoms with van der Waals surface area (Å²) in [6.07, 6.45) is 3.27. The molecule has 1 aromatic carbocycles. The summed E-state index contributed by atoms with van der Waals surface area (Å²) in [6, 6.07) is 7.99. The summed E-state index contributed by atoms with van der Waals surface area (Å²) in [7, 11) is 1.92. The Bertz CT molecular complexity index is 435. The molecule has 0 aliphatic heterocycles. The first-order chi connectivity index (χ1) is 8.99. The first kappa shape index (κ1) is 14.1. The van der Waals surface area contributed by atoms with Gasteiger partial charge in [0.25, 0.3) is 0 Å². The first-order valence-electron chi connectivity index (χ1n) is 7.02. The van der Waals surface area contributed by atoms with Crippen molar-refractivity contribution in [3.8, 4) is 0 Å². The smallest absolute Gasteiger partial charge is 0.325 e. The number of carboxylic acids is 1. The average molecular weight is 261 g/mol. The van der Waals surface area contributed by atoms with E-state index in [9.17, 15) is 9.90 Å². The van der Waals surface area contributed by atoms with E-state index in [1.807, 2.05) is 24.1 Å².